The van der Waals surface area contributed by atoms with Gasteiger partial charge in [-0.25, -0.2) is 4.68 Å². The van der Waals surface area contributed by atoms with Crippen LogP contribution in [0.1, 0.15) is 33.0 Å². The molecule has 1 fully saturated rings. The molecule has 0 aliphatic carbocycles. The van der Waals surface area contributed by atoms with Gasteiger partial charge in [0.2, 0.25) is 0 Å². The van der Waals surface area contributed by atoms with Crippen LogP contribution in [-0.2, 0) is 12.1 Å². The van der Waals surface area contributed by atoms with Gasteiger partial charge in [0.1, 0.15) is 0 Å². The lowest BCUT2D eigenvalue weighted by Gasteiger charge is -2.32. The summed E-state index contributed by atoms with van der Waals surface area (Å²) in [7, 11) is 2.17. The molecule has 6 nitrogen and oxygen atoms in total. The second kappa shape index (κ2) is 5.32. The summed E-state index contributed by atoms with van der Waals surface area (Å²) in [4.78, 5) is 4.78. The van der Waals surface area contributed by atoms with Crippen molar-refractivity contribution in [1.29, 1.82) is 0 Å². The van der Waals surface area contributed by atoms with Gasteiger partial charge in [0.25, 0.3) is 0 Å². The maximum absolute atomic E-state index is 4.19. The first-order valence-corrected chi connectivity index (χ1v) is 6.71. The number of tetrazole rings is 1. The standard InChI is InChI=1S/C12H24N6/c1-5-12(2,3)18-11(13-14-15-18)10-17-8-6-16(4)7-9-17/h5-10H2,1-4H3. The van der Waals surface area contributed by atoms with Crippen molar-refractivity contribution in [3.05, 3.63) is 5.82 Å². The molecule has 0 saturated carbocycles. The number of likely N-dealkylation sites (N-methyl/N-ethyl adjacent to an activating group) is 1. The van der Waals surface area contributed by atoms with E-state index in [0.717, 1.165) is 45.0 Å². The number of aromatic nitrogens is 4. The number of nitrogens with zero attached hydrogens (tertiary/aromatic N) is 6. The van der Waals surface area contributed by atoms with Gasteiger partial charge in [0.05, 0.1) is 12.1 Å². The van der Waals surface area contributed by atoms with Gasteiger partial charge in [0, 0.05) is 26.2 Å². The predicted molar refractivity (Wildman–Crippen MR) is 70.2 cm³/mol. The van der Waals surface area contributed by atoms with Crippen LogP contribution < -0.4 is 0 Å². The molecule has 1 saturated heterocycles. The summed E-state index contributed by atoms with van der Waals surface area (Å²) in [6, 6.07) is 0. The van der Waals surface area contributed by atoms with E-state index in [-0.39, 0.29) is 5.54 Å². The third-order valence-electron chi connectivity index (χ3n) is 3.93. The molecule has 1 aliphatic rings. The van der Waals surface area contributed by atoms with Crippen LogP contribution in [0, 0.1) is 0 Å². The van der Waals surface area contributed by atoms with Gasteiger partial charge >= 0.3 is 0 Å². The molecule has 0 amide bonds. The Morgan fingerprint density at radius 1 is 1.17 bits per heavy atom. The molecule has 1 aromatic rings. The largest absolute Gasteiger partial charge is 0.304 e. The third-order valence-corrected chi connectivity index (χ3v) is 3.93. The van der Waals surface area contributed by atoms with E-state index in [4.69, 9.17) is 0 Å². The highest BCUT2D eigenvalue weighted by molar-refractivity contribution is 4.89. The highest BCUT2D eigenvalue weighted by Gasteiger charge is 2.25. The van der Waals surface area contributed by atoms with Crippen LogP contribution in [-0.4, -0.2) is 63.2 Å². The fourth-order valence-corrected chi connectivity index (χ4v) is 2.13. The van der Waals surface area contributed by atoms with Gasteiger partial charge in [-0.15, -0.1) is 5.10 Å². The smallest absolute Gasteiger partial charge is 0.165 e. The average Bonchev–Trinajstić information content (AvgIpc) is 2.81. The summed E-state index contributed by atoms with van der Waals surface area (Å²) in [6.07, 6.45) is 1.02. The number of hydrogen-bond acceptors (Lipinski definition) is 5. The van der Waals surface area contributed by atoms with Gasteiger partial charge in [-0.2, -0.15) is 0 Å². The summed E-state index contributed by atoms with van der Waals surface area (Å²) in [5.41, 5.74) is -0.00852. The summed E-state index contributed by atoms with van der Waals surface area (Å²) < 4.78 is 1.98. The second-order valence-corrected chi connectivity index (χ2v) is 5.75. The van der Waals surface area contributed by atoms with Gasteiger partial charge in [0.15, 0.2) is 5.82 Å². The Hall–Kier alpha value is -1.01. The topological polar surface area (TPSA) is 50.1 Å². The molecule has 6 heteroatoms. The Bertz CT molecular complexity index is 378. The van der Waals surface area contributed by atoms with E-state index in [2.05, 4.69) is 53.1 Å². The fourth-order valence-electron chi connectivity index (χ4n) is 2.13. The van der Waals surface area contributed by atoms with E-state index in [1.54, 1.807) is 0 Å². The normalized spacial score (nSPS) is 19.3. The van der Waals surface area contributed by atoms with Crippen molar-refractivity contribution in [1.82, 2.24) is 30.0 Å². The monoisotopic (exact) mass is 252 g/mol. The maximum Gasteiger partial charge on any atom is 0.165 e. The second-order valence-electron chi connectivity index (χ2n) is 5.75. The highest BCUT2D eigenvalue weighted by atomic mass is 15.6. The minimum Gasteiger partial charge on any atom is -0.304 e. The zero-order valence-corrected chi connectivity index (χ0v) is 11.9. The Morgan fingerprint density at radius 3 is 2.44 bits per heavy atom. The molecular weight excluding hydrogens is 228 g/mol. The Morgan fingerprint density at radius 2 is 1.83 bits per heavy atom. The molecule has 1 aliphatic heterocycles. The highest BCUT2D eigenvalue weighted by Crippen LogP contribution is 2.19. The fraction of sp³-hybridized carbons (Fsp3) is 0.917. The van der Waals surface area contributed by atoms with Crippen molar-refractivity contribution in [2.24, 2.45) is 0 Å². The number of piperazine rings is 1. The van der Waals surface area contributed by atoms with Crippen molar-refractivity contribution in [3.63, 3.8) is 0 Å². The van der Waals surface area contributed by atoms with Crippen molar-refractivity contribution >= 4 is 0 Å². The Kier molecular flexibility index (Phi) is 3.97. The van der Waals surface area contributed by atoms with Crippen LogP contribution in [0.5, 0.6) is 0 Å². The first-order valence-electron chi connectivity index (χ1n) is 6.71. The zero-order chi connectivity index (χ0) is 13.2. The van der Waals surface area contributed by atoms with Gasteiger partial charge in [-0.1, -0.05) is 6.92 Å². The third kappa shape index (κ3) is 2.87. The molecule has 102 valence electrons. The SMILES string of the molecule is CCC(C)(C)n1nnnc1CN1CCN(C)CC1. The summed E-state index contributed by atoms with van der Waals surface area (Å²) in [5.74, 6) is 0.978. The molecular formula is C12H24N6. The minimum atomic E-state index is -0.00852. The van der Waals surface area contributed by atoms with Crippen LogP contribution >= 0.6 is 0 Å². The lowest BCUT2D eigenvalue weighted by molar-refractivity contribution is 0.140. The van der Waals surface area contributed by atoms with Crippen molar-refractivity contribution in [3.8, 4) is 0 Å². The molecule has 18 heavy (non-hydrogen) atoms. The van der Waals surface area contributed by atoms with E-state index in [9.17, 15) is 0 Å². The average molecular weight is 252 g/mol. The Labute approximate surface area is 109 Å². The molecule has 0 radical (unpaired) electrons. The summed E-state index contributed by atoms with van der Waals surface area (Å²) in [5, 5.41) is 12.2. The van der Waals surface area contributed by atoms with Crippen LogP contribution in [0.15, 0.2) is 0 Å². The first kappa shape index (κ1) is 13.4. The van der Waals surface area contributed by atoms with Crippen LogP contribution in [0.25, 0.3) is 0 Å². The predicted octanol–water partition coefficient (Wildman–Crippen LogP) is 0.566. The molecule has 0 spiro atoms. The van der Waals surface area contributed by atoms with Crippen molar-refractivity contribution in [2.45, 2.75) is 39.3 Å². The van der Waals surface area contributed by atoms with E-state index in [0.29, 0.717) is 0 Å². The van der Waals surface area contributed by atoms with Crippen LogP contribution in [0.4, 0.5) is 0 Å². The van der Waals surface area contributed by atoms with Gasteiger partial charge in [-0.05, 0) is 37.7 Å². The van der Waals surface area contributed by atoms with Crippen LogP contribution in [0.3, 0.4) is 0 Å². The van der Waals surface area contributed by atoms with E-state index < -0.39 is 0 Å². The molecule has 0 unspecified atom stereocenters. The molecule has 0 bridgehead atoms. The molecule has 1 aromatic heterocycles. The lowest BCUT2D eigenvalue weighted by Crippen LogP contribution is -2.44. The zero-order valence-electron chi connectivity index (χ0n) is 11.9. The van der Waals surface area contributed by atoms with Crippen molar-refractivity contribution < 1.29 is 0 Å². The van der Waals surface area contributed by atoms with Gasteiger partial charge < -0.3 is 4.90 Å². The quantitative estimate of drug-likeness (QED) is 0.784. The number of hydrogen-bond donors (Lipinski definition) is 0. The minimum absolute atomic E-state index is 0.00852. The van der Waals surface area contributed by atoms with Gasteiger partial charge in [-0.3, -0.25) is 4.90 Å². The molecule has 2 rings (SSSR count). The van der Waals surface area contributed by atoms with E-state index >= 15 is 0 Å². The van der Waals surface area contributed by atoms with E-state index in [1.165, 1.54) is 0 Å². The molecule has 0 atom stereocenters. The number of rotatable bonds is 4. The maximum atomic E-state index is 4.19. The Balaban J connectivity index is 2.04. The summed E-state index contributed by atoms with van der Waals surface area (Å²) in [6.45, 7) is 11.8. The first-order chi connectivity index (χ1) is 8.53. The summed E-state index contributed by atoms with van der Waals surface area (Å²) >= 11 is 0. The van der Waals surface area contributed by atoms with Crippen molar-refractivity contribution in [2.75, 3.05) is 33.2 Å². The lowest BCUT2D eigenvalue weighted by atomic mass is 10.0. The van der Waals surface area contributed by atoms with E-state index in [1.807, 2.05) is 4.68 Å². The molecule has 0 N–H and O–H groups in total. The molecule has 2 heterocycles. The van der Waals surface area contributed by atoms with Crippen LogP contribution in [0.2, 0.25) is 0 Å². The molecule has 0 aromatic carbocycles.